The van der Waals surface area contributed by atoms with Crippen LogP contribution >= 0.6 is 11.6 Å². The van der Waals surface area contributed by atoms with Gasteiger partial charge in [0.2, 0.25) is 10.0 Å². The predicted molar refractivity (Wildman–Crippen MR) is 68.8 cm³/mol. The number of hydrogen-bond acceptors (Lipinski definition) is 5. The van der Waals surface area contributed by atoms with Gasteiger partial charge < -0.3 is 5.11 Å². The Balaban J connectivity index is 2.21. The highest BCUT2D eigenvalue weighted by Crippen LogP contribution is 2.20. The number of hydrogen-bond donors (Lipinski definition) is 3. The Labute approximate surface area is 118 Å². The van der Waals surface area contributed by atoms with E-state index in [0.29, 0.717) is 5.82 Å². The molecule has 1 heterocycles. The Morgan fingerprint density at radius 1 is 1.45 bits per heavy atom. The van der Waals surface area contributed by atoms with Gasteiger partial charge in [-0.3, -0.25) is 5.10 Å². The van der Waals surface area contributed by atoms with Crippen LogP contribution in [0.2, 0.25) is 5.02 Å². The predicted octanol–water partition coefficient (Wildman–Crippen LogP) is 0.635. The molecule has 0 radical (unpaired) electrons. The maximum absolute atomic E-state index is 12.0. The second kappa shape index (κ2) is 5.57. The topological polar surface area (TPSA) is 125 Å². The third kappa shape index (κ3) is 3.13. The van der Waals surface area contributed by atoms with Crippen molar-refractivity contribution in [1.82, 2.24) is 19.9 Å². The average Bonchev–Trinajstić information content (AvgIpc) is 2.89. The molecular formula is C10H9ClN4O4S. The Morgan fingerprint density at radius 2 is 2.20 bits per heavy atom. The molecule has 0 bridgehead atoms. The summed E-state index contributed by atoms with van der Waals surface area (Å²) in [4.78, 5) is 14.4. The van der Waals surface area contributed by atoms with Crippen LogP contribution in [0.5, 0.6) is 0 Å². The maximum atomic E-state index is 12.0. The number of H-pyrrole nitrogens is 1. The molecule has 0 aliphatic rings. The van der Waals surface area contributed by atoms with Crippen molar-refractivity contribution in [3.63, 3.8) is 0 Å². The Morgan fingerprint density at radius 3 is 2.75 bits per heavy atom. The largest absolute Gasteiger partial charge is 0.478 e. The van der Waals surface area contributed by atoms with Crippen molar-refractivity contribution in [2.75, 3.05) is 0 Å². The summed E-state index contributed by atoms with van der Waals surface area (Å²) in [6, 6.07) is 3.37. The molecule has 1 aromatic carbocycles. The highest BCUT2D eigenvalue weighted by Gasteiger charge is 2.17. The summed E-state index contributed by atoms with van der Waals surface area (Å²) in [6.07, 6.45) is 1.25. The van der Waals surface area contributed by atoms with Crippen LogP contribution in [0.3, 0.4) is 0 Å². The monoisotopic (exact) mass is 316 g/mol. The van der Waals surface area contributed by atoms with Gasteiger partial charge in [0.1, 0.15) is 12.2 Å². The van der Waals surface area contributed by atoms with Gasteiger partial charge in [-0.2, -0.15) is 5.10 Å². The zero-order valence-electron chi connectivity index (χ0n) is 9.87. The highest BCUT2D eigenvalue weighted by atomic mass is 35.5. The van der Waals surface area contributed by atoms with Gasteiger partial charge in [0.25, 0.3) is 0 Å². The molecule has 0 amide bonds. The number of carbonyl (C=O) groups is 1. The van der Waals surface area contributed by atoms with E-state index in [9.17, 15) is 13.2 Å². The van der Waals surface area contributed by atoms with E-state index in [1.807, 2.05) is 0 Å². The van der Waals surface area contributed by atoms with Gasteiger partial charge in [-0.05, 0) is 18.2 Å². The summed E-state index contributed by atoms with van der Waals surface area (Å²) in [5, 5.41) is 14.8. The molecule has 106 valence electrons. The molecule has 8 nitrogen and oxygen atoms in total. The Hall–Kier alpha value is -1.97. The van der Waals surface area contributed by atoms with Crippen molar-refractivity contribution in [1.29, 1.82) is 0 Å². The minimum atomic E-state index is -3.82. The molecule has 10 heteroatoms. The van der Waals surface area contributed by atoms with Crippen LogP contribution in [0.4, 0.5) is 0 Å². The molecule has 2 rings (SSSR count). The quantitative estimate of drug-likeness (QED) is 0.743. The van der Waals surface area contributed by atoms with Crippen molar-refractivity contribution in [2.24, 2.45) is 0 Å². The molecule has 0 unspecified atom stereocenters. The number of sulfonamides is 1. The first kappa shape index (κ1) is 14.4. The molecule has 0 aliphatic heterocycles. The van der Waals surface area contributed by atoms with Crippen LogP contribution in [0.25, 0.3) is 0 Å². The van der Waals surface area contributed by atoms with Gasteiger partial charge in [0.15, 0.2) is 0 Å². The summed E-state index contributed by atoms with van der Waals surface area (Å²) >= 11 is 5.73. The maximum Gasteiger partial charge on any atom is 0.337 e. The number of rotatable bonds is 5. The standard InChI is InChI=1S/C10H9ClN4O4S/c11-8-3-6(1-2-7(8)10(16)17)20(18,19)14-4-9-12-5-13-15-9/h1-3,5,14H,4H2,(H,16,17)(H,12,13,15). The molecular weight excluding hydrogens is 308 g/mol. The number of carboxylic acids is 1. The van der Waals surface area contributed by atoms with E-state index in [0.717, 1.165) is 18.2 Å². The van der Waals surface area contributed by atoms with E-state index in [1.165, 1.54) is 6.33 Å². The number of aromatic amines is 1. The first-order chi connectivity index (χ1) is 9.40. The van der Waals surface area contributed by atoms with E-state index in [4.69, 9.17) is 16.7 Å². The minimum absolute atomic E-state index is 0.0688. The van der Waals surface area contributed by atoms with Crippen LogP contribution in [0.15, 0.2) is 29.4 Å². The third-order valence-electron chi connectivity index (χ3n) is 2.38. The third-order valence-corrected chi connectivity index (χ3v) is 4.09. The van der Waals surface area contributed by atoms with Crippen LogP contribution in [-0.4, -0.2) is 34.7 Å². The van der Waals surface area contributed by atoms with E-state index >= 15 is 0 Å². The number of aromatic nitrogens is 3. The first-order valence-electron chi connectivity index (χ1n) is 5.27. The fraction of sp³-hybridized carbons (Fsp3) is 0.100. The smallest absolute Gasteiger partial charge is 0.337 e. The lowest BCUT2D eigenvalue weighted by Crippen LogP contribution is -2.24. The molecule has 0 saturated carbocycles. The van der Waals surface area contributed by atoms with Crippen LogP contribution in [0, 0.1) is 0 Å². The molecule has 0 fully saturated rings. The Kier molecular flexibility index (Phi) is 4.02. The lowest BCUT2D eigenvalue weighted by atomic mass is 10.2. The number of benzene rings is 1. The van der Waals surface area contributed by atoms with Gasteiger partial charge in [-0.15, -0.1) is 0 Å². The SMILES string of the molecule is O=C(O)c1ccc(S(=O)(=O)NCc2ncn[nH]2)cc1Cl. The lowest BCUT2D eigenvalue weighted by Gasteiger charge is -2.06. The summed E-state index contributed by atoms with van der Waals surface area (Å²) in [5.41, 5.74) is -0.166. The summed E-state index contributed by atoms with van der Waals surface area (Å²) in [5.74, 6) is -0.879. The molecule has 0 saturated heterocycles. The van der Waals surface area contributed by atoms with Crippen LogP contribution < -0.4 is 4.72 Å². The van der Waals surface area contributed by atoms with Gasteiger partial charge in [-0.25, -0.2) is 22.9 Å². The van der Waals surface area contributed by atoms with E-state index in [-0.39, 0.29) is 22.0 Å². The number of aromatic carboxylic acids is 1. The normalized spacial score (nSPS) is 11.4. The van der Waals surface area contributed by atoms with Crippen molar-refractivity contribution in [3.05, 3.63) is 40.9 Å². The summed E-state index contributed by atoms with van der Waals surface area (Å²) in [6.45, 7) is -0.0688. The van der Waals surface area contributed by atoms with E-state index in [1.54, 1.807) is 0 Å². The van der Waals surface area contributed by atoms with Crippen molar-refractivity contribution >= 4 is 27.6 Å². The van der Waals surface area contributed by atoms with Gasteiger partial charge in [-0.1, -0.05) is 11.6 Å². The number of carboxylic acid groups (broad SMARTS) is 1. The van der Waals surface area contributed by atoms with Gasteiger partial charge in [0.05, 0.1) is 22.0 Å². The number of nitrogens with one attached hydrogen (secondary N) is 2. The van der Waals surface area contributed by atoms with Crippen molar-refractivity contribution < 1.29 is 18.3 Å². The van der Waals surface area contributed by atoms with Gasteiger partial charge in [0, 0.05) is 0 Å². The molecule has 0 atom stereocenters. The second-order valence-electron chi connectivity index (χ2n) is 3.70. The first-order valence-corrected chi connectivity index (χ1v) is 7.13. The van der Waals surface area contributed by atoms with Gasteiger partial charge >= 0.3 is 5.97 Å². The van der Waals surface area contributed by atoms with Crippen molar-refractivity contribution in [2.45, 2.75) is 11.4 Å². The fourth-order valence-corrected chi connectivity index (χ4v) is 2.74. The van der Waals surface area contributed by atoms with Crippen molar-refractivity contribution in [3.8, 4) is 0 Å². The lowest BCUT2D eigenvalue weighted by molar-refractivity contribution is 0.0697. The zero-order valence-corrected chi connectivity index (χ0v) is 11.4. The fourth-order valence-electron chi connectivity index (χ4n) is 1.40. The molecule has 20 heavy (non-hydrogen) atoms. The summed E-state index contributed by atoms with van der Waals surface area (Å²) < 4.78 is 26.2. The van der Waals surface area contributed by atoms with Crippen LogP contribution in [-0.2, 0) is 16.6 Å². The zero-order chi connectivity index (χ0) is 14.8. The van der Waals surface area contributed by atoms with E-state index < -0.39 is 16.0 Å². The molecule has 1 aromatic heterocycles. The number of halogens is 1. The molecule has 0 aliphatic carbocycles. The van der Waals surface area contributed by atoms with E-state index in [2.05, 4.69) is 19.9 Å². The summed E-state index contributed by atoms with van der Waals surface area (Å²) in [7, 11) is -3.82. The van der Waals surface area contributed by atoms with Crippen LogP contribution in [0.1, 0.15) is 16.2 Å². The average molecular weight is 317 g/mol. The highest BCUT2D eigenvalue weighted by molar-refractivity contribution is 7.89. The number of nitrogens with zero attached hydrogens (tertiary/aromatic N) is 2. The molecule has 3 N–H and O–H groups in total. The molecule has 2 aromatic rings. The molecule has 0 spiro atoms. The Bertz CT molecular complexity index is 730. The second-order valence-corrected chi connectivity index (χ2v) is 5.88. The minimum Gasteiger partial charge on any atom is -0.478 e.